The smallest absolute Gasteiger partial charge is 0.161 e. The third-order valence-corrected chi connectivity index (χ3v) is 3.51. The van der Waals surface area contributed by atoms with Crippen LogP contribution >= 0.6 is 0 Å². The Morgan fingerprint density at radius 3 is 2.45 bits per heavy atom. The van der Waals surface area contributed by atoms with Gasteiger partial charge in [-0.15, -0.1) is 0 Å². The molecule has 2 nitrogen and oxygen atoms in total. The summed E-state index contributed by atoms with van der Waals surface area (Å²) < 4.78 is 0. The van der Waals surface area contributed by atoms with Crippen LogP contribution < -0.4 is 0 Å². The molecule has 2 rings (SSSR count). The van der Waals surface area contributed by atoms with Crippen molar-refractivity contribution < 1.29 is 4.79 Å². The maximum absolute atomic E-state index is 11.8. The monoisotopic (exact) mass is 267 g/mol. The van der Waals surface area contributed by atoms with E-state index >= 15 is 0 Å². The van der Waals surface area contributed by atoms with E-state index in [0.29, 0.717) is 0 Å². The predicted octanol–water partition coefficient (Wildman–Crippen LogP) is 4.17. The highest BCUT2D eigenvalue weighted by Gasteiger charge is 2.24. The molecule has 104 valence electrons. The highest BCUT2D eigenvalue weighted by molar-refractivity contribution is 6.00. The lowest BCUT2D eigenvalue weighted by molar-refractivity contribution is -0.113. The Labute approximate surface area is 121 Å². The number of allylic oxidation sites excluding steroid dienone is 3. The number of carbonyl (C=O) groups is 1. The first kappa shape index (κ1) is 14.3. The summed E-state index contributed by atoms with van der Waals surface area (Å²) in [7, 11) is 0. The van der Waals surface area contributed by atoms with Crippen LogP contribution in [0.3, 0.4) is 0 Å². The largest absolute Gasteiger partial charge is 0.341 e. The number of carbonyl (C=O) groups excluding carboxylic acids is 1. The van der Waals surface area contributed by atoms with Crippen molar-refractivity contribution in [2.24, 2.45) is 0 Å². The predicted molar refractivity (Wildman–Crippen MR) is 83.9 cm³/mol. The first-order chi connectivity index (χ1) is 9.56. The molecule has 0 saturated carbocycles. The van der Waals surface area contributed by atoms with Crippen LogP contribution in [0.2, 0.25) is 0 Å². The summed E-state index contributed by atoms with van der Waals surface area (Å²) in [5.41, 5.74) is 4.96. The van der Waals surface area contributed by atoms with Gasteiger partial charge >= 0.3 is 0 Å². The van der Waals surface area contributed by atoms with Gasteiger partial charge in [-0.2, -0.15) is 0 Å². The first-order valence-electron chi connectivity index (χ1n) is 7.02. The minimum atomic E-state index is 0.0718. The van der Waals surface area contributed by atoms with Gasteiger partial charge in [-0.25, -0.2) is 0 Å². The molecule has 1 aromatic rings. The van der Waals surface area contributed by atoms with Crippen molar-refractivity contribution >= 4 is 11.5 Å². The number of rotatable bonds is 4. The molecule has 2 heteroatoms. The number of nitrogens with zero attached hydrogens (tertiary/aromatic N) is 1. The van der Waals surface area contributed by atoms with Crippen LogP contribution in [0.5, 0.6) is 0 Å². The van der Waals surface area contributed by atoms with Gasteiger partial charge in [0.1, 0.15) is 0 Å². The zero-order valence-electron chi connectivity index (χ0n) is 12.4. The zero-order valence-corrected chi connectivity index (χ0v) is 12.4. The molecule has 0 amide bonds. The van der Waals surface area contributed by atoms with Crippen LogP contribution in [-0.2, 0) is 4.79 Å². The van der Waals surface area contributed by atoms with Crippen LogP contribution in [0.25, 0.3) is 5.70 Å². The molecule has 1 aliphatic heterocycles. The molecule has 0 bridgehead atoms. The number of hydrogen-bond acceptors (Lipinski definition) is 2. The summed E-state index contributed by atoms with van der Waals surface area (Å²) in [5, 5.41) is 0. The fourth-order valence-electron chi connectivity index (χ4n) is 2.62. The average molecular weight is 267 g/mol. The van der Waals surface area contributed by atoms with Crippen molar-refractivity contribution in [1.29, 1.82) is 0 Å². The molecule has 0 aromatic heterocycles. The Kier molecular flexibility index (Phi) is 4.23. The first-order valence-corrected chi connectivity index (χ1v) is 7.02. The topological polar surface area (TPSA) is 20.3 Å². The molecule has 1 heterocycles. The molecular formula is C18H21NO. The molecule has 0 unspecified atom stereocenters. The van der Waals surface area contributed by atoms with E-state index in [1.165, 1.54) is 5.56 Å². The van der Waals surface area contributed by atoms with E-state index in [-0.39, 0.29) is 5.78 Å². The van der Waals surface area contributed by atoms with E-state index in [2.05, 4.69) is 37.5 Å². The molecule has 1 aliphatic rings. The lowest BCUT2D eigenvalue weighted by atomic mass is 9.95. The van der Waals surface area contributed by atoms with Gasteiger partial charge in [0.15, 0.2) is 5.78 Å². The van der Waals surface area contributed by atoms with Gasteiger partial charge in [-0.05, 0) is 37.5 Å². The van der Waals surface area contributed by atoms with Crippen molar-refractivity contribution in [1.82, 2.24) is 4.90 Å². The summed E-state index contributed by atoms with van der Waals surface area (Å²) in [5.74, 6) is 0.0718. The Morgan fingerprint density at radius 2 is 1.90 bits per heavy atom. The third-order valence-electron chi connectivity index (χ3n) is 3.51. The molecular weight excluding hydrogens is 246 g/mol. The summed E-state index contributed by atoms with van der Waals surface area (Å²) in [6.45, 7) is 10.8. The van der Waals surface area contributed by atoms with Crippen molar-refractivity contribution in [3.63, 3.8) is 0 Å². The summed E-state index contributed by atoms with van der Waals surface area (Å²) in [4.78, 5) is 13.9. The summed E-state index contributed by atoms with van der Waals surface area (Å²) in [6.07, 6.45) is 2.97. The van der Waals surface area contributed by atoms with E-state index in [1.54, 1.807) is 6.92 Å². The van der Waals surface area contributed by atoms with E-state index in [1.807, 2.05) is 24.3 Å². The molecule has 0 radical (unpaired) electrons. The Morgan fingerprint density at radius 1 is 1.25 bits per heavy atom. The molecule has 1 aromatic carbocycles. The quantitative estimate of drug-likeness (QED) is 0.816. The lowest BCUT2D eigenvalue weighted by Crippen LogP contribution is -2.28. The van der Waals surface area contributed by atoms with Crippen LogP contribution in [-0.4, -0.2) is 17.2 Å². The fraction of sp³-hybridized carbons (Fsp3) is 0.278. The van der Waals surface area contributed by atoms with E-state index < -0.39 is 0 Å². The van der Waals surface area contributed by atoms with Crippen molar-refractivity contribution in [2.75, 3.05) is 6.54 Å². The van der Waals surface area contributed by atoms with Gasteiger partial charge in [-0.1, -0.05) is 43.8 Å². The fourth-order valence-corrected chi connectivity index (χ4v) is 2.62. The second kappa shape index (κ2) is 5.91. The van der Waals surface area contributed by atoms with Gasteiger partial charge in [0, 0.05) is 17.8 Å². The molecule has 0 saturated heterocycles. The molecule has 0 atom stereocenters. The van der Waals surface area contributed by atoms with Gasteiger partial charge < -0.3 is 4.90 Å². The Bertz CT molecular complexity index is 593. The van der Waals surface area contributed by atoms with Crippen LogP contribution in [0, 0.1) is 0 Å². The average Bonchev–Trinajstić information content (AvgIpc) is 2.43. The normalized spacial score (nSPS) is 15.4. The number of Topliss-reactive ketones (excluding diaryl/α,β-unsaturated/α-hetero) is 1. The number of ketones is 1. The Hall–Kier alpha value is -2.09. The third kappa shape index (κ3) is 2.60. The molecule has 20 heavy (non-hydrogen) atoms. The van der Waals surface area contributed by atoms with E-state index in [4.69, 9.17) is 0 Å². The van der Waals surface area contributed by atoms with Gasteiger partial charge in [-0.3, -0.25) is 4.79 Å². The van der Waals surface area contributed by atoms with Crippen LogP contribution in [0.1, 0.15) is 32.8 Å². The van der Waals surface area contributed by atoms with E-state index in [0.717, 1.165) is 35.5 Å². The molecule has 0 spiro atoms. The van der Waals surface area contributed by atoms with Gasteiger partial charge in [0.05, 0.1) is 5.70 Å². The maximum atomic E-state index is 11.8. The summed E-state index contributed by atoms with van der Waals surface area (Å²) in [6, 6.07) is 10.3. The van der Waals surface area contributed by atoms with Crippen molar-refractivity contribution in [3.05, 3.63) is 65.4 Å². The standard InChI is InChI=1S/C18H21NO/c1-5-11-19-14(3)17(15(4)20)12-13(2)18(19)16-9-7-6-8-10-16/h6-10,12H,3,5,11H2,1-2,4H3. The number of benzene rings is 1. The second-order valence-electron chi connectivity index (χ2n) is 5.11. The van der Waals surface area contributed by atoms with Crippen molar-refractivity contribution in [3.8, 4) is 0 Å². The SMILES string of the molecule is C=C1C(C(C)=O)=CC(C)=C(c2ccccc2)N1CCC. The Balaban J connectivity index is 2.57. The molecule has 0 fully saturated rings. The van der Waals surface area contributed by atoms with E-state index in [9.17, 15) is 4.79 Å². The highest BCUT2D eigenvalue weighted by atomic mass is 16.1. The minimum absolute atomic E-state index is 0.0718. The van der Waals surface area contributed by atoms with Crippen LogP contribution in [0.15, 0.2) is 59.8 Å². The maximum Gasteiger partial charge on any atom is 0.161 e. The van der Waals surface area contributed by atoms with Crippen LogP contribution in [0.4, 0.5) is 0 Å². The lowest BCUT2D eigenvalue weighted by Gasteiger charge is -2.34. The minimum Gasteiger partial charge on any atom is -0.341 e. The molecule has 0 aliphatic carbocycles. The number of hydrogen-bond donors (Lipinski definition) is 0. The zero-order chi connectivity index (χ0) is 14.7. The van der Waals surface area contributed by atoms with Gasteiger partial charge in [0.25, 0.3) is 0 Å². The molecule has 0 N–H and O–H groups in total. The van der Waals surface area contributed by atoms with Gasteiger partial charge in [0.2, 0.25) is 0 Å². The summed E-state index contributed by atoms with van der Waals surface area (Å²) >= 11 is 0. The second-order valence-corrected chi connectivity index (χ2v) is 5.11. The highest BCUT2D eigenvalue weighted by Crippen LogP contribution is 2.34. The van der Waals surface area contributed by atoms with Crippen molar-refractivity contribution in [2.45, 2.75) is 27.2 Å².